The van der Waals surface area contributed by atoms with Crippen LogP contribution in [0.1, 0.15) is 44.7 Å². The monoisotopic (exact) mass is 398 g/mol. The average Bonchev–Trinajstić information content (AvgIpc) is 3.50. The Bertz CT molecular complexity index is 900. The lowest BCUT2D eigenvalue weighted by Crippen LogP contribution is -2.69. The van der Waals surface area contributed by atoms with Crippen molar-refractivity contribution in [1.29, 1.82) is 0 Å². The maximum Gasteiger partial charge on any atom is 0.223 e. The van der Waals surface area contributed by atoms with Gasteiger partial charge in [-0.2, -0.15) is 5.10 Å². The van der Waals surface area contributed by atoms with Crippen LogP contribution < -0.4 is 5.32 Å². The molecule has 3 aliphatic rings. The molecule has 7 nitrogen and oxygen atoms in total. The quantitative estimate of drug-likeness (QED) is 0.733. The largest absolute Gasteiger partial charge is 0.388 e. The number of nitrogens with one attached hydrogen (secondary N) is 2. The highest BCUT2D eigenvalue weighted by Gasteiger charge is 2.54. The number of carbonyl (C=O) groups excluding carboxylic acids is 1. The Labute approximate surface area is 170 Å². The lowest BCUT2D eigenvalue weighted by molar-refractivity contribution is -0.208. The summed E-state index contributed by atoms with van der Waals surface area (Å²) < 4.78 is 6.18. The van der Waals surface area contributed by atoms with Crippen molar-refractivity contribution in [2.24, 2.45) is 5.92 Å². The fourth-order valence-electron chi connectivity index (χ4n) is 4.99. The third-order valence-corrected chi connectivity index (χ3v) is 7.09. The van der Waals surface area contributed by atoms with E-state index < -0.39 is 17.2 Å². The lowest BCUT2D eigenvalue weighted by atomic mass is 9.73. The number of benzene rings is 1. The van der Waals surface area contributed by atoms with Crippen LogP contribution in [0.15, 0.2) is 24.3 Å². The second-order valence-corrected chi connectivity index (χ2v) is 9.24. The van der Waals surface area contributed by atoms with Crippen molar-refractivity contribution < 1.29 is 14.6 Å². The number of likely N-dealkylation sites (tertiary alicyclic amines) is 1. The van der Waals surface area contributed by atoms with Crippen molar-refractivity contribution in [3.05, 3.63) is 30.0 Å². The van der Waals surface area contributed by atoms with Crippen molar-refractivity contribution in [3.8, 4) is 0 Å². The number of para-hydroxylation sites is 1. The third kappa shape index (κ3) is 3.45. The minimum atomic E-state index is -0.693. The summed E-state index contributed by atoms with van der Waals surface area (Å²) in [6, 6.07) is 8.15. The zero-order valence-electron chi connectivity index (χ0n) is 17.0. The van der Waals surface area contributed by atoms with Crippen molar-refractivity contribution >= 4 is 16.8 Å². The number of aliphatic hydroxyl groups is 1. The van der Waals surface area contributed by atoms with Gasteiger partial charge >= 0.3 is 0 Å². The molecule has 3 fully saturated rings. The summed E-state index contributed by atoms with van der Waals surface area (Å²) in [5.74, 6) is 0.232. The molecule has 0 bridgehead atoms. The molecule has 2 saturated heterocycles. The van der Waals surface area contributed by atoms with E-state index in [0.29, 0.717) is 13.0 Å². The summed E-state index contributed by atoms with van der Waals surface area (Å²) in [5, 5.41) is 23.1. The Morgan fingerprint density at radius 3 is 2.83 bits per heavy atom. The standard InChI is InChI=1S/C22H30N4O3/c1-21(23-19(27)15-6-7-15)10-13-29-22(20(21)28)8-11-26(12-9-22)14-18-16-4-2-3-5-17(16)24-25-18/h2-5,15,20,28H,6-14H2,1H3,(H,23,27)(H,24,25)/t20-,21+/m1/s1. The van der Waals surface area contributed by atoms with E-state index in [1.807, 2.05) is 25.1 Å². The minimum absolute atomic E-state index is 0.0900. The molecule has 3 N–H and O–H groups in total. The molecule has 5 rings (SSSR count). The second kappa shape index (κ2) is 7.07. The summed E-state index contributed by atoms with van der Waals surface area (Å²) in [4.78, 5) is 14.7. The van der Waals surface area contributed by atoms with Gasteiger partial charge in [0.25, 0.3) is 0 Å². The summed E-state index contributed by atoms with van der Waals surface area (Å²) in [6.07, 6.45) is 3.41. The van der Waals surface area contributed by atoms with E-state index in [9.17, 15) is 9.90 Å². The van der Waals surface area contributed by atoms with E-state index in [4.69, 9.17) is 4.74 Å². The molecule has 1 amide bonds. The molecule has 1 aromatic heterocycles. The van der Waals surface area contributed by atoms with Gasteiger partial charge in [-0.1, -0.05) is 18.2 Å². The molecular formula is C22H30N4O3. The maximum absolute atomic E-state index is 12.4. The molecule has 7 heteroatoms. The smallest absolute Gasteiger partial charge is 0.223 e. The second-order valence-electron chi connectivity index (χ2n) is 9.24. The van der Waals surface area contributed by atoms with Gasteiger partial charge in [-0.25, -0.2) is 0 Å². The number of ether oxygens (including phenoxy) is 1. The van der Waals surface area contributed by atoms with Crippen LogP contribution in [-0.4, -0.2) is 63.1 Å². The molecule has 1 aromatic carbocycles. The average molecular weight is 399 g/mol. The molecule has 0 radical (unpaired) electrons. The molecule has 1 spiro atoms. The van der Waals surface area contributed by atoms with Crippen LogP contribution in [0.25, 0.3) is 10.9 Å². The number of H-pyrrole nitrogens is 1. The van der Waals surface area contributed by atoms with Crippen molar-refractivity contribution in [2.45, 2.75) is 62.8 Å². The summed E-state index contributed by atoms with van der Waals surface area (Å²) in [7, 11) is 0. The van der Waals surface area contributed by atoms with Gasteiger partial charge in [-0.15, -0.1) is 0 Å². The number of carbonyl (C=O) groups is 1. The summed E-state index contributed by atoms with van der Waals surface area (Å²) >= 11 is 0. The van der Waals surface area contributed by atoms with Crippen LogP contribution in [0.2, 0.25) is 0 Å². The molecule has 1 saturated carbocycles. The first kappa shape index (κ1) is 19.0. The van der Waals surface area contributed by atoms with E-state index in [1.165, 1.54) is 0 Å². The predicted octanol–water partition coefficient (Wildman–Crippen LogP) is 1.96. The predicted molar refractivity (Wildman–Crippen MR) is 109 cm³/mol. The molecule has 29 heavy (non-hydrogen) atoms. The van der Waals surface area contributed by atoms with Gasteiger partial charge < -0.3 is 15.2 Å². The van der Waals surface area contributed by atoms with Gasteiger partial charge in [0.1, 0.15) is 6.10 Å². The molecule has 2 atom stereocenters. The number of hydrogen-bond acceptors (Lipinski definition) is 5. The van der Waals surface area contributed by atoms with Crippen LogP contribution in [0.3, 0.4) is 0 Å². The normalized spacial score (nSPS) is 29.9. The molecule has 2 aromatic rings. The van der Waals surface area contributed by atoms with Crippen molar-refractivity contribution in [1.82, 2.24) is 20.4 Å². The first-order chi connectivity index (χ1) is 14.0. The number of amides is 1. The Morgan fingerprint density at radius 1 is 1.31 bits per heavy atom. The molecule has 0 unspecified atom stereocenters. The zero-order valence-corrected chi connectivity index (χ0v) is 17.0. The Balaban J connectivity index is 1.25. The van der Waals surface area contributed by atoms with Crippen LogP contribution in [0.5, 0.6) is 0 Å². The van der Waals surface area contributed by atoms with Crippen molar-refractivity contribution in [2.75, 3.05) is 19.7 Å². The Morgan fingerprint density at radius 2 is 2.07 bits per heavy atom. The first-order valence-corrected chi connectivity index (χ1v) is 10.8. The highest BCUT2D eigenvalue weighted by Crippen LogP contribution is 2.41. The van der Waals surface area contributed by atoms with Gasteiger partial charge in [-0.3, -0.25) is 14.8 Å². The number of nitrogens with zero attached hydrogens (tertiary/aromatic N) is 2. The number of aromatic nitrogens is 2. The number of piperidine rings is 1. The van der Waals surface area contributed by atoms with Gasteiger partial charge in [0.15, 0.2) is 0 Å². The van der Waals surface area contributed by atoms with E-state index in [0.717, 1.165) is 61.9 Å². The van der Waals surface area contributed by atoms with Gasteiger partial charge in [0.2, 0.25) is 5.91 Å². The number of rotatable bonds is 4. The minimum Gasteiger partial charge on any atom is -0.388 e. The number of aliphatic hydroxyl groups excluding tert-OH is 1. The molecular weight excluding hydrogens is 368 g/mol. The highest BCUT2D eigenvalue weighted by molar-refractivity contribution is 5.82. The third-order valence-electron chi connectivity index (χ3n) is 7.09. The summed E-state index contributed by atoms with van der Waals surface area (Å²) in [5.41, 5.74) is 0.933. The number of hydrogen-bond donors (Lipinski definition) is 3. The fourth-order valence-corrected chi connectivity index (χ4v) is 4.99. The Hall–Kier alpha value is -1.96. The topological polar surface area (TPSA) is 90.5 Å². The van der Waals surface area contributed by atoms with E-state index in [1.54, 1.807) is 0 Å². The lowest BCUT2D eigenvalue weighted by Gasteiger charge is -2.53. The summed E-state index contributed by atoms with van der Waals surface area (Å²) in [6.45, 7) is 5.05. The molecule has 2 aliphatic heterocycles. The van der Waals surface area contributed by atoms with Crippen LogP contribution in [-0.2, 0) is 16.1 Å². The van der Waals surface area contributed by atoms with Gasteiger partial charge in [-0.05, 0) is 45.1 Å². The molecule has 156 valence electrons. The number of aromatic amines is 1. The highest BCUT2D eigenvalue weighted by atomic mass is 16.5. The van der Waals surface area contributed by atoms with Gasteiger partial charge in [0.05, 0.1) is 22.4 Å². The van der Waals surface area contributed by atoms with E-state index >= 15 is 0 Å². The first-order valence-electron chi connectivity index (χ1n) is 10.8. The maximum atomic E-state index is 12.4. The molecule has 3 heterocycles. The SMILES string of the molecule is C[C@]1(NC(=O)C2CC2)CCOC2(CCN(Cc3[nH]nc4ccccc34)CC2)[C@@H]1O. The number of fused-ring (bicyclic) bond motifs is 1. The Kier molecular flexibility index (Phi) is 4.64. The fraction of sp³-hybridized carbons (Fsp3) is 0.636. The van der Waals surface area contributed by atoms with E-state index in [2.05, 4.69) is 26.5 Å². The van der Waals surface area contributed by atoms with Crippen molar-refractivity contribution in [3.63, 3.8) is 0 Å². The molecule has 1 aliphatic carbocycles. The zero-order chi connectivity index (χ0) is 20.1. The van der Waals surface area contributed by atoms with Crippen LogP contribution in [0, 0.1) is 5.92 Å². The van der Waals surface area contributed by atoms with Gasteiger partial charge in [0, 0.05) is 37.5 Å². The van der Waals surface area contributed by atoms with Crippen LogP contribution in [0.4, 0.5) is 0 Å². The van der Waals surface area contributed by atoms with E-state index in [-0.39, 0.29) is 11.8 Å². The van der Waals surface area contributed by atoms with Crippen LogP contribution >= 0.6 is 0 Å².